The molecule has 0 aliphatic heterocycles. The van der Waals surface area contributed by atoms with Gasteiger partial charge in [-0.05, 0) is 25.1 Å². The summed E-state index contributed by atoms with van der Waals surface area (Å²) in [4.78, 5) is 4.46. The molecule has 2 aromatic rings. The Morgan fingerprint density at radius 2 is 2.13 bits per heavy atom. The third kappa shape index (κ3) is 2.11. The molecular formula is C12H12ClNO. The molecule has 0 fully saturated rings. The molecule has 78 valence electrons. The average molecular weight is 222 g/mol. The second-order valence-electron chi connectivity index (χ2n) is 3.55. The zero-order valence-electron chi connectivity index (χ0n) is 8.75. The maximum atomic E-state index is 6.17. The van der Waals surface area contributed by atoms with E-state index in [1.165, 1.54) is 5.56 Å². The lowest BCUT2D eigenvalue weighted by Gasteiger charge is -2.05. The second kappa shape index (κ2) is 4.17. The fourth-order valence-corrected chi connectivity index (χ4v) is 1.85. The summed E-state index contributed by atoms with van der Waals surface area (Å²) in [6, 6.07) is 7.91. The van der Waals surface area contributed by atoms with Gasteiger partial charge in [-0.15, -0.1) is 0 Å². The third-order valence-electron chi connectivity index (χ3n) is 2.26. The van der Waals surface area contributed by atoms with Crippen LogP contribution in [0, 0.1) is 6.92 Å². The summed E-state index contributed by atoms with van der Waals surface area (Å²) in [6.45, 7) is 2.53. The van der Waals surface area contributed by atoms with E-state index in [0.717, 1.165) is 21.6 Å². The van der Waals surface area contributed by atoms with Crippen molar-refractivity contribution in [2.45, 2.75) is 13.5 Å². The van der Waals surface area contributed by atoms with Gasteiger partial charge >= 0.3 is 0 Å². The SMILES string of the molecule is COCc1cc(Cl)c2cc(C)ccc2n1. The molecule has 1 aromatic heterocycles. The zero-order valence-corrected chi connectivity index (χ0v) is 9.51. The predicted octanol–water partition coefficient (Wildman–Crippen LogP) is 3.34. The summed E-state index contributed by atoms with van der Waals surface area (Å²) in [5.74, 6) is 0. The Morgan fingerprint density at radius 1 is 1.33 bits per heavy atom. The highest BCUT2D eigenvalue weighted by Gasteiger charge is 2.03. The van der Waals surface area contributed by atoms with Crippen LogP contribution in [0.25, 0.3) is 10.9 Å². The lowest BCUT2D eigenvalue weighted by molar-refractivity contribution is 0.182. The number of aromatic nitrogens is 1. The van der Waals surface area contributed by atoms with Crippen LogP contribution in [0.1, 0.15) is 11.3 Å². The number of rotatable bonds is 2. The van der Waals surface area contributed by atoms with Gasteiger partial charge in [0.05, 0.1) is 22.8 Å². The van der Waals surface area contributed by atoms with Crippen molar-refractivity contribution in [2.24, 2.45) is 0 Å². The molecule has 3 heteroatoms. The third-order valence-corrected chi connectivity index (χ3v) is 2.57. The number of hydrogen-bond acceptors (Lipinski definition) is 2. The van der Waals surface area contributed by atoms with Crippen molar-refractivity contribution in [2.75, 3.05) is 7.11 Å². The van der Waals surface area contributed by atoms with Crippen LogP contribution in [0.15, 0.2) is 24.3 Å². The Kier molecular flexibility index (Phi) is 2.89. The van der Waals surface area contributed by atoms with Crippen LogP contribution < -0.4 is 0 Å². The summed E-state index contributed by atoms with van der Waals surface area (Å²) < 4.78 is 5.03. The number of halogens is 1. The number of fused-ring (bicyclic) bond motifs is 1. The Balaban J connectivity index is 2.62. The Labute approximate surface area is 93.8 Å². The highest BCUT2D eigenvalue weighted by Crippen LogP contribution is 2.24. The number of benzene rings is 1. The largest absolute Gasteiger partial charge is 0.378 e. The molecule has 1 heterocycles. The fourth-order valence-electron chi connectivity index (χ4n) is 1.57. The summed E-state index contributed by atoms with van der Waals surface area (Å²) in [7, 11) is 1.65. The first-order chi connectivity index (χ1) is 7.20. The van der Waals surface area contributed by atoms with Crippen molar-refractivity contribution in [1.82, 2.24) is 4.98 Å². The molecule has 15 heavy (non-hydrogen) atoms. The van der Waals surface area contributed by atoms with Gasteiger partial charge in [-0.3, -0.25) is 4.98 Å². The van der Waals surface area contributed by atoms with E-state index >= 15 is 0 Å². The Morgan fingerprint density at radius 3 is 2.87 bits per heavy atom. The number of methoxy groups -OCH3 is 1. The van der Waals surface area contributed by atoms with E-state index in [-0.39, 0.29) is 0 Å². The topological polar surface area (TPSA) is 22.1 Å². The molecule has 0 saturated carbocycles. The van der Waals surface area contributed by atoms with Crippen molar-refractivity contribution < 1.29 is 4.74 Å². The second-order valence-corrected chi connectivity index (χ2v) is 3.96. The predicted molar refractivity (Wildman–Crippen MR) is 62.2 cm³/mol. The molecule has 1 aromatic carbocycles. The average Bonchev–Trinajstić information content (AvgIpc) is 2.20. The Hall–Kier alpha value is -1.12. The van der Waals surface area contributed by atoms with Gasteiger partial charge in [0.15, 0.2) is 0 Å². The molecule has 0 spiro atoms. The lowest BCUT2D eigenvalue weighted by atomic mass is 10.1. The molecule has 0 N–H and O–H groups in total. The van der Waals surface area contributed by atoms with Crippen LogP contribution in [-0.2, 0) is 11.3 Å². The van der Waals surface area contributed by atoms with E-state index < -0.39 is 0 Å². The molecule has 2 rings (SSSR count). The van der Waals surface area contributed by atoms with E-state index in [9.17, 15) is 0 Å². The van der Waals surface area contributed by atoms with Crippen LogP contribution in [0.2, 0.25) is 5.02 Å². The lowest BCUT2D eigenvalue weighted by Crippen LogP contribution is -1.93. The van der Waals surface area contributed by atoms with Gasteiger partial charge < -0.3 is 4.74 Å². The molecule has 0 unspecified atom stereocenters. The van der Waals surface area contributed by atoms with Crippen molar-refractivity contribution in [3.05, 3.63) is 40.5 Å². The van der Waals surface area contributed by atoms with Crippen LogP contribution in [0.3, 0.4) is 0 Å². The van der Waals surface area contributed by atoms with Gasteiger partial charge in [0.2, 0.25) is 0 Å². The monoisotopic (exact) mass is 221 g/mol. The van der Waals surface area contributed by atoms with Crippen molar-refractivity contribution in [1.29, 1.82) is 0 Å². The first-order valence-corrected chi connectivity index (χ1v) is 5.13. The normalized spacial score (nSPS) is 10.9. The molecule has 0 atom stereocenters. The summed E-state index contributed by atoms with van der Waals surface area (Å²) in [5, 5.41) is 1.73. The van der Waals surface area contributed by atoms with Crippen LogP contribution in [-0.4, -0.2) is 12.1 Å². The van der Waals surface area contributed by atoms with Crippen LogP contribution >= 0.6 is 11.6 Å². The first-order valence-electron chi connectivity index (χ1n) is 4.75. The van der Waals surface area contributed by atoms with Crippen LogP contribution in [0.4, 0.5) is 0 Å². The number of hydrogen-bond donors (Lipinski definition) is 0. The number of aryl methyl sites for hydroxylation is 1. The van der Waals surface area contributed by atoms with Crippen molar-refractivity contribution in [3.8, 4) is 0 Å². The molecular weight excluding hydrogens is 210 g/mol. The molecule has 0 radical (unpaired) electrons. The summed E-state index contributed by atoms with van der Waals surface area (Å²) in [5.41, 5.74) is 2.96. The first kappa shape index (κ1) is 10.4. The Bertz CT molecular complexity index is 496. The van der Waals surface area contributed by atoms with E-state index in [1.54, 1.807) is 7.11 Å². The maximum Gasteiger partial charge on any atom is 0.0884 e. The number of ether oxygens (including phenoxy) is 1. The van der Waals surface area contributed by atoms with Gasteiger partial charge in [0, 0.05) is 12.5 Å². The zero-order chi connectivity index (χ0) is 10.8. The molecule has 0 aliphatic rings. The van der Waals surface area contributed by atoms with Gasteiger partial charge in [0.1, 0.15) is 0 Å². The fraction of sp³-hybridized carbons (Fsp3) is 0.250. The molecule has 0 amide bonds. The highest BCUT2D eigenvalue weighted by atomic mass is 35.5. The van der Waals surface area contributed by atoms with Crippen molar-refractivity contribution >= 4 is 22.5 Å². The smallest absolute Gasteiger partial charge is 0.0884 e. The quantitative estimate of drug-likeness (QED) is 0.776. The van der Waals surface area contributed by atoms with Gasteiger partial charge in [0.25, 0.3) is 0 Å². The maximum absolute atomic E-state index is 6.17. The molecule has 0 bridgehead atoms. The minimum atomic E-state index is 0.490. The molecule has 0 saturated heterocycles. The van der Waals surface area contributed by atoms with Gasteiger partial charge in [-0.25, -0.2) is 0 Å². The van der Waals surface area contributed by atoms with E-state index in [1.807, 2.05) is 31.2 Å². The van der Waals surface area contributed by atoms with E-state index in [4.69, 9.17) is 16.3 Å². The minimum absolute atomic E-state index is 0.490. The standard InChI is InChI=1S/C12H12ClNO/c1-8-3-4-12-10(5-8)11(13)6-9(14-12)7-15-2/h3-6H,7H2,1-2H3. The number of pyridine rings is 1. The summed E-state index contributed by atoms with van der Waals surface area (Å²) >= 11 is 6.17. The highest BCUT2D eigenvalue weighted by molar-refractivity contribution is 6.35. The van der Waals surface area contributed by atoms with E-state index in [2.05, 4.69) is 4.98 Å². The van der Waals surface area contributed by atoms with Crippen LogP contribution in [0.5, 0.6) is 0 Å². The van der Waals surface area contributed by atoms with Crippen molar-refractivity contribution in [3.63, 3.8) is 0 Å². The van der Waals surface area contributed by atoms with Gasteiger partial charge in [-0.2, -0.15) is 0 Å². The van der Waals surface area contributed by atoms with Gasteiger partial charge in [-0.1, -0.05) is 23.2 Å². The summed E-state index contributed by atoms with van der Waals surface area (Å²) in [6.07, 6.45) is 0. The minimum Gasteiger partial charge on any atom is -0.378 e. The van der Waals surface area contributed by atoms with E-state index in [0.29, 0.717) is 6.61 Å². The number of nitrogens with zero attached hydrogens (tertiary/aromatic N) is 1. The molecule has 2 nitrogen and oxygen atoms in total. The molecule has 0 aliphatic carbocycles.